The van der Waals surface area contributed by atoms with Crippen LogP contribution < -0.4 is 5.32 Å². The zero-order valence-corrected chi connectivity index (χ0v) is 12.3. The van der Waals surface area contributed by atoms with Gasteiger partial charge in [-0.15, -0.1) is 0 Å². The summed E-state index contributed by atoms with van der Waals surface area (Å²) in [6, 6.07) is 0. The molecule has 2 aromatic rings. The number of rotatable bonds is 6. The molecule has 1 N–H and O–H groups in total. The van der Waals surface area contributed by atoms with E-state index in [2.05, 4.69) is 33.8 Å². The Labute approximate surface area is 114 Å². The number of hydrogen-bond donors (Lipinski definition) is 1. The van der Waals surface area contributed by atoms with E-state index < -0.39 is 0 Å². The van der Waals surface area contributed by atoms with Crippen molar-refractivity contribution in [3.63, 3.8) is 0 Å². The first-order valence-electron chi connectivity index (χ1n) is 6.87. The second kappa shape index (κ2) is 5.91. The molecule has 0 unspecified atom stereocenters. The summed E-state index contributed by atoms with van der Waals surface area (Å²) < 4.78 is 4.10. The smallest absolute Gasteiger partial charge is 0.203 e. The van der Waals surface area contributed by atoms with Crippen LogP contribution in [0.1, 0.15) is 36.7 Å². The van der Waals surface area contributed by atoms with Crippen molar-refractivity contribution in [1.29, 1.82) is 0 Å². The minimum Gasteiger partial charge on any atom is -0.351 e. The highest BCUT2D eigenvalue weighted by Crippen LogP contribution is 2.14. The summed E-state index contributed by atoms with van der Waals surface area (Å²) in [4.78, 5) is 4.37. The van der Waals surface area contributed by atoms with Crippen molar-refractivity contribution in [2.75, 3.05) is 5.32 Å². The summed E-state index contributed by atoms with van der Waals surface area (Å²) in [5.74, 6) is 0.941. The number of aromatic nitrogens is 4. The fraction of sp³-hybridized carbons (Fsp3) is 0.571. The van der Waals surface area contributed by atoms with Gasteiger partial charge in [-0.05, 0) is 20.3 Å². The second-order valence-corrected chi connectivity index (χ2v) is 4.92. The number of unbranched alkanes of at least 4 members (excludes halogenated alkanes) is 1. The first kappa shape index (κ1) is 13.6. The molecule has 0 aliphatic rings. The Bertz CT molecular complexity index is 538. The first-order chi connectivity index (χ1) is 9.13. The van der Waals surface area contributed by atoms with Crippen LogP contribution in [0.25, 0.3) is 0 Å². The molecular formula is C14H23N5. The van der Waals surface area contributed by atoms with Crippen molar-refractivity contribution < 1.29 is 0 Å². The number of nitrogens with one attached hydrogen (secondary N) is 1. The summed E-state index contributed by atoms with van der Waals surface area (Å²) in [5.41, 5.74) is 3.54. The minimum atomic E-state index is 0.772. The highest BCUT2D eigenvalue weighted by molar-refractivity contribution is 5.32. The van der Waals surface area contributed by atoms with Crippen LogP contribution in [-0.2, 0) is 20.1 Å². The minimum absolute atomic E-state index is 0.772. The molecule has 0 spiro atoms. The van der Waals surface area contributed by atoms with E-state index in [1.54, 1.807) is 0 Å². The predicted octanol–water partition coefficient (Wildman–Crippen LogP) is 2.65. The van der Waals surface area contributed by atoms with Crippen molar-refractivity contribution in [3.8, 4) is 0 Å². The fourth-order valence-corrected chi connectivity index (χ4v) is 2.23. The van der Waals surface area contributed by atoms with Gasteiger partial charge in [-0.3, -0.25) is 4.68 Å². The largest absolute Gasteiger partial charge is 0.351 e. The average Bonchev–Trinajstić information content (AvgIpc) is 2.92. The standard InChI is InChI=1S/C14H23N5/c1-5-6-8-19-9-7-15-14(19)16-10-13-11(2)17-18(4)12(13)3/h7,9H,5-6,8,10H2,1-4H3,(H,15,16). The van der Waals surface area contributed by atoms with Crippen LogP contribution in [0, 0.1) is 13.8 Å². The number of imidazole rings is 1. The molecule has 0 aromatic carbocycles. The second-order valence-electron chi connectivity index (χ2n) is 4.92. The molecule has 0 saturated heterocycles. The van der Waals surface area contributed by atoms with Gasteiger partial charge in [0, 0.05) is 43.8 Å². The van der Waals surface area contributed by atoms with E-state index in [-0.39, 0.29) is 0 Å². The number of anilines is 1. The molecule has 2 heterocycles. The lowest BCUT2D eigenvalue weighted by molar-refractivity contribution is 0.635. The summed E-state index contributed by atoms with van der Waals surface area (Å²) in [5, 5.41) is 7.84. The lowest BCUT2D eigenvalue weighted by Gasteiger charge is -2.09. The Kier molecular flexibility index (Phi) is 4.24. The maximum absolute atomic E-state index is 4.43. The van der Waals surface area contributed by atoms with Gasteiger partial charge in [0.05, 0.1) is 5.69 Å². The number of hydrogen-bond acceptors (Lipinski definition) is 3. The van der Waals surface area contributed by atoms with Gasteiger partial charge in [0.1, 0.15) is 0 Å². The van der Waals surface area contributed by atoms with Crippen molar-refractivity contribution in [1.82, 2.24) is 19.3 Å². The third-order valence-corrected chi connectivity index (χ3v) is 3.55. The summed E-state index contributed by atoms with van der Waals surface area (Å²) in [6.07, 6.45) is 6.25. The number of aryl methyl sites for hydroxylation is 3. The van der Waals surface area contributed by atoms with Crippen molar-refractivity contribution in [2.24, 2.45) is 7.05 Å². The third kappa shape index (κ3) is 2.97. The Morgan fingerprint density at radius 3 is 2.74 bits per heavy atom. The fourth-order valence-electron chi connectivity index (χ4n) is 2.23. The van der Waals surface area contributed by atoms with Crippen molar-refractivity contribution in [2.45, 2.75) is 46.7 Å². The molecular weight excluding hydrogens is 238 g/mol. The SMILES string of the molecule is CCCCn1ccnc1NCc1c(C)nn(C)c1C. The monoisotopic (exact) mass is 261 g/mol. The van der Waals surface area contributed by atoms with E-state index in [1.807, 2.05) is 31.0 Å². The van der Waals surface area contributed by atoms with E-state index >= 15 is 0 Å². The summed E-state index contributed by atoms with van der Waals surface area (Å²) >= 11 is 0. The molecule has 5 nitrogen and oxygen atoms in total. The molecule has 0 saturated carbocycles. The van der Waals surface area contributed by atoms with E-state index in [0.717, 1.165) is 24.7 Å². The molecule has 0 atom stereocenters. The van der Waals surface area contributed by atoms with Gasteiger partial charge in [0.2, 0.25) is 5.95 Å². The molecule has 0 fully saturated rings. The van der Waals surface area contributed by atoms with Gasteiger partial charge in [-0.1, -0.05) is 13.3 Å². The zero-order valence-electron chi connectivity index (χ0n) is 12.3. The van der Waals surface area contributed by atoms with Crippen molar-refractivity contribution >= 4 is 5.95 Å². The topological polar surface area (TPSA) is 47.7 Å². The normalized spacial score (nSPS) is 10.9. The van der Waals surface area contributed by atoms with Gasteiger partial charge in [-0.2, -0.15) is 5.10 Å². The zero-order chi connectivity index (χ0) is 13.8. The maximum Gasteiger partial charge on any atom is 0.203 e. The molecule has 2 aromatic heterocycles. The van der Waals surface area contributed by atoms with Crippen LogP contribution in [0.3, 0.4) is 0 Å². The van der Waals surface area contributed by atoms with Crippen LogP contribution in [-0.4, -0.2) is 19.3 Å². The molecule has 0 radical (unpaired) electrons. The van der Waals surface area contributed by atoms with Gasteiger partial charge in [0.25, 0.3) is 0 Å². The van der Waals surface area contributed by atoms with E-state index in [1.165, 1.54) is 24.1 Å². The van der Waals surface area contributed by atoms with Crippen LogP contribution in [0.15, 0.2) is 12.4 Å². The predicted molar refractivity (Wildman–Crippen MR) is 77.1 cm³/mol. The van der Waals surface area contributed by atoms with Gasteiger partial charge in [0.15, 0.2) is 0 Å². The summed E-state index contributed by atoms with van der Waals surface area (Å²) in [6.45, 7) is 8.14. The lowest BCUT2D eigenvalue weighted by Crippen LogP contribution is -2.08. The highest BCUT2D eigenvalue weighted by atomic mass is 15.3. The Morgan fingerprint density at radius 2 is 2.11 bits per heavy atom. The van der Waals surface area contributed by atoms with Crippen molar-refractivity contribution in [3.05, 3.63) is 29.3 Å². The van der Waals surface area contributed by atoms with Gasteiger partial charge >= 0.3 is 0 Å². The first-order valence-corrected chi connectivity index (χ1v) is 6.87. The summed E-state index contributed by atoms with van der Waals surface area (Å²) in [7, 11) is 1.98. The third-order valence-electron chi connectivity index (χ3n) is 3.55. The van der Waals surface area contributed by atoms with E-state index in [9.17, 15) is 0 Å². The Balaban J connectivity index is 2.04. The average molecular weight is 261 g/mol. The Hall–Kier alpha value is -1.78. The van der Waals surface area contributed by atoms with E-state index in [0.29, 0.717) is 0 Å². The van der Waals surface area contributed by atoms with Crippen LogP contribution >= 0.6 is 0 Å². The van der Waals surface area contributed by atoms with Crippen LogP contribution in [0.5, 0.6) is 0 Å². The molecule has 0 aliphatic carbocycles. The van der Waals surface area contributed by atoms with Crippen LogP contribution in [0.2, 0.25) is 0 Å². The molecule has 5 heteroatoms. The quantitative estimate of drug-likeness (QED) is 0.869. The molecule has 0 amide bonds. The number of nitrogens with zero attached hydrogens (tertiary/aromatic N) is 4. The van der Waals surface area contributed by atoms with Crippen LogP contribution in [0.4, 0.5) is 5.95 Å². The van der Waals surface area contributed by atoms with Gasteiger partial charge < -0.3 is 9.88 Å². The molecule has 2 rings (SSSR count). The molecule has 0 bridgehead atoms. The maximum atomic E-state index is 4.43. The van der Waals surface area contributed by atoms with Gasteiger partial charge in [-0.25, -0.2) is 4.98 Å². The Morgan fingerprint density at radius 1 is 1.32 bits per heavy atom. The lowest BCUT2D eigenvalue weighted by atomic mass is 10.2. The highest BCUT2D eigenvalue weighted by Gasteiger charge is 2.10. The molecule has 19 heavy (non-hydrogen) atoms. The molecule has 0 aliphatic heterocycles. The molecule has 104 valence electrons. The van der Waals surface area contributed by atoms with E-state index in [4.69, 9.17) is 0 Å².